The molecule has 0 unspecified atom stereocenters. The highest BCUT2D eigenvalue weighted by Gasteiger charge is 2.28. The number of hydrogen-bond donors (Lipinski definition) is 3. The topological polar surface area (TPSA) is 75.9 Å². The van der Waals surface area contributed by atoms with E-state index in [0.29, 0.717) is 11.7 Å². The van der Waals surface area contributed by atoms with Crippen molar-refractivity contribution in [1.29, 1.82) is 0 Å². The molecule has 3 rings (SSSR count). The Morgan fingerprint density at radius 2 is 1.90 bits per heavy atom. The molecule has 2 aromatic rings. The second-order valence-electron chi connectivity index (χ2n) is 5.41. The van der Waals surface area contributed by atoms with Crippen LogP contribution in [0.5, 0.6) is 0 Å². The van der Waals surface area contributed by atoms with Crippen LogP contribution in [0.4, 0.5) is 17.3 Å². The Balaban J connectivity index is 1.96. The number of aromatic nitrogens is 2. The third-order valence-electron chi connectivity index (χ3n) is 3.68. The molecule has 0 atom stereocenters. The van der Waals surface area contributed by atoms with E-state index >= 15 is 0 Å². The molecule has 0 spiro atoms. The Labute approximate surface area is 128 Å². The Bertz CT molecular complexity index is 682. The van der Waals surface area contributed by atoms with Gasteiger partial charge < -0.3 is 10.7 Å². The van der Waals surface area contributed by atoms with Crippen molar-refractivity contribution in [1.82, 2.24) is 9.97 Å². The molecule has 110 valence electrons. The van der Waals surface area contributed by atoms with E-state index in [9.17, 15) is 0 Å². The van der Waals surface area contributed by atoms with E-state index in [2.05, 4.69) is 20.7 Å². The number of anilines is 3. The number of aryl methyl sites for hydroxylation is 1. The van der Waals surface area contributed by atoms with Crippen LogP contribution in [0.3, 0.4) is 0 Å². The second kappa shape index (κ2) is 5.50. The molecule has 1 aromatic carbocycles. The minimum atomic E-state index is 0.458. The number of nitrogens with two attached hydrogens (primary N) is 1. The molecule has 1 saturated carbocycles. The average Bonchev–Trinajstić information content (AvgIpc) is 3.29. The molecular weight excluding hydrogens is 286 g/mol. The summed E-state index contributed by atoms with van der Waals surface area (Å²) < 4.78 is 0. The van der Waals surface area contributed by atoms with E-state index in [-0.39, 0.29) is 0 Å². The van der Waals surface area contributed by atoms with Crippen LogP contribution in [-0.2, 0) is 0 Å². The van der Waals surface area contributed by atoms with Gasteiger partial charge in [0, 0.05) is 22.2 Å². The summed E-state index contributed by atoms with van der Waals surface area (Å²) in [6, 6.07) is 5.85. The summed E-state index contributed by atoms with van der Waals surface area (Å²) in [5, 5.41) is 4.03. The lowest BCUT2D eigenvalue weighted by molar-refractivity contribution is 0.920. The van der Waals surface area contributed by atoms with Crippen LogP contribution >= 0.6 is 11.6 Å². The first-order valence-electron chi connectivity index (χ1n) is 6.97. The quantitative estimate of drug-likeness (QED) is 0.594. The van der Waals surface area contributed by atoms with E-state index in [4.69, 9.17) is 17.4 Å². The molecule has 0 radical (unpaired) electrons. The van der Waals surface area contributed by atoms with Crippen molar-refractivity contribution in [2.45, 2.75) is 32.6 Å². The summed E-state index contributed by atoms with van der Waals surface area (Å²) in [6.45, 7) is 3.91. The van der Waals surface area contributed by atoms with Gasteiger partial charge in [0.05, 0.1) is 0 Å². The summed E-state index contributed by atoms with van der Waals surface area (Å²) in [5.41, 5.74) is 5.48. The van der Waals surface area contributed by atoms with Crippen LogP contribution in [0.15, 0.2) is 18.2 Å². The maximum atomic E-state index is 6.17. The van der Waals surface area contributed by atoms with Crippen LogP contribution in [0.2, 0.25) is 5.02 Å². The summed E-state index contributed by atoms with van der Waals surface area (Å²) in [4.78, 5) is 9.10. The molecular formula is C15H18ClN5. The minimum Gasteiger partial charge on any atom is -0.340 e. The number of hydrazine groups is 1. The van der Waals surface area contributed by atoms with Crippen LogP contribution in [0.25, 0.3) is 0 Å². The number of benzene rings is 1. The lowest BCUT2D eigenvalue weighted by Gasteiger charge is -2.14. The van der Waals surface area contributed by atoms with Gasteiger partial charge in [-0.15, -0.1) is 0 Å². The Kier molecular flexibility index (Phi) is 3.69. The lowest BCUT2D eigenvalue weighted by atomic mass is 10.2. The van der Waals surface area contributed by atoms with Crippen molar-refractivity contribution in [2.75, 3.05) is 10.7 Å². The summed E-state index contributed by atoms with van der Waals surface area (Å²) in [5.74, 6) is 8.28. The number of nitrogen functional groups attached to an aromatic ring is 1. The standard InChI is InChI=1S/C15H18ClN5/c1-8-3-6-11(7-12(8)16)18-13-9(2)14(21-17)20-15(19-13)10-4-5-10/h3,6-7,10H,4-5,17H2,1-2H3,(H2,18,19,20,21). The summed E-state index contributed by atoms with van der Waals surface area (Å²) in [7, 11) is 0. The highest BCUT2D eigenvalue weighted by atomic mass is 35.5. The van der Waals surface area contributed by atoms with Crippen LogP contribution in [0, 0.1) is 13.8 Å². The van der Waals surface area contributed by atoms with Crippen molar-refractivity contribution >= 4 is 28.9 Å². The summed E-state index contributed by atoms with van der Waals surface area (Å²) in [6.07, 6.45) is 2.28. The van der Waals surface area contributed by atoms with Crippen molar-refractivity contribution < 1.29 is 0 Å². The van der Waals surface area contributed by atoms with Gasteiger partial charge in [0.15, 0.2) is 0 Å². The molecule has 1 heterocycles. The molecule has 0 bridgehead atoms. The fourth-order valence-corrected chi connectivity index (χ4v) is 2.31. The Hall–Kier alpha value is -1.85. The molecule has 4 N–H and O–H groups in total. The monoisotopic (exact) mass is 303 g/mol. The van der Waals surface area contributed by atoms with Gasteiger partial charge in [-0.25, -0.2) is 15.8 Å². The first kappa shape index (κ1) is 14.1. The molecule has 5 nitrogen and oxygen atoms in total. The largest absolute Gasteiger partial charge is 0.340 e. The fraction of sp³-hybridized carbons (Fsp3) is 0.333. The van der Waals surface area contributed by atoms with Gasteiger partial charge in [0.2, 0.25) is 0 Å². The molecule has 0 aliphatic heterocycles. The van der Waals surface area contributed by atoms with Gasteiger partial charge in [-0.1, -0.05) is 17.7 Å². The van der Waals surface area contributed by atoms with Crippen molar-refractivity contribution in [3.05, 3.63) is 40.2 Å². The maximum absolute atomic E-state index is 6.17. The van der Waals surface area contributed by atoms with E-state index < -0.39 is 0 Å². The molecule has 0 amide bonds. The van der Waals surface area contributed by atoms with Gasteiger partial charge in [-0.05, 0) is 44.4 Å². The third kappa shape index (κ3) is 2.94. The number of nitrogens with zero attached hydrogens (tertiary/aromatic N) is 2. The number of halogens is 1. The molecule has 6 heteroatoms. The number of rotatable bonds is 4. The van der Waals surface area contributed by atoms with Crippen LogP contribution in [0.1, 0.15) is 35.7 Å². The van der Waals surface area contributed by atoms with Gasteiger partial charge in [0.25, 0.3) is 0 Å². The minimum absolute atomic E-state index is 0.458. The molecule has 0 saturated heterocycles. The van der Waals surface area contributed by atoms with Crippen LogP contribution < -0.4 is 16.6 Å². The number of nitrogens with one attached hydrogen (secondary N) is 2. The molecule has 1 fully saturated rings. The van der Waals surface area contributed by atoms with E-state index in [0.717, 1.165) is 46.3 Å². The van der Waals surface area contributed by atoms with Crippen molar-refractivity contribution in [3.63, 3.8) is 0 Å². The lowest BCUT2D eigenvalue weighted by Crippen LogP contribution is -2.13. The summed E-state index contributed by atoms with van der Waals surface area (Å²) >= 11 is 6.17. The predicted octanol–water partition coefficient (Wildman–Crippen LogP) is 3.65. The van der Waals surface area contributed by atoms with Gasteiger partial charge in [-0.2, -0.15) is 0 Å². The van der Waals surface area contributed by atoms with Crippen molar-refractivity contribution in [2.24, 2.45) is 5.84 Å². The molecule has 1 aliphatic carbocycles. The molecule has 1 aliphatic rings. The van der Waals surface area contributed by atoms with Gasteiger partial charge >= 0.3 is 0 Å². The Morgan fingerprint density at radius 1 is 1.19 bits per heavy atom. The zero-order valence-electron chi connectivity index (χ0n) is 12.1. The van der Waals surface area contributed by atoms with Gasteiger partial charge in [-0.3, -0.25) is 0 Å². The first-order chi connectivity index (χ1) is 10.1. The highest BCUT2D eigenvalue weighted by molar-refractivity contribution is 6.31. The normalized spacial score (nSPS) is 14.1. The number of hydrogen-bond acceptors (Lipinski definition) is 5. The SMILES string of the molecule is Cc1ccc(Nc2nc(C3CC3)nc(NN)c2C)cc1Cl. The predicted molar refractivity (Wildman–Crippen MR) is 86.0 cm³/mol. The zero-order chi connectivity index (χ0) is 15.0. The Morgan fingerprint density at radius 3 is 2.52 bits per heavy atom. The smallest absolute Gasteiger partial charge is 0.148 e. The molecule has 21 heavy (non-hydrogen) atoms. The van der Waals surface area contributed by atoms with E-state index in [1.54, 1.807) is 0 Å². The molecule has 1 aromatic heterocycles. The maximum Gasteiger partial charge on any atom is 0.148 e. The van der Waals surface area contributed by atoms with Crippen LogP contribution in [-0.4, -0.2) is 9.97 Å². The zero-order valence-corrected chi connectivity index (χ0v) is 12.8. The first-order valence-corrected chi connectivity index (χ1v) is 7.34. The van der Waals surface area contributed by atoms with E-state index in [1.807, 2.05) is 32.0 Å². The fourth-order valence-electron chi connectivity index (χ4n) is 2.13. The van der Waals surface area contributed by atoms with E-state index in [1.165, 1.54) is 0 Å². The van der Waals surface area contributed by atoms with Crippen molar-refractivity contribution in [3.8, 4) is 0 Å². The highest BCUT2D eigenvalue weighted by Crippen LogP contribution is 2.39. The third-order valence-corrected chi connectivity index (χ3v) is 4.08. The second-order valence-corrected chi connectivity index (χ2v) is 5.82. The van der Waals surface area contributed by atoms with Gasteiger partial charge in [0.1, 0.15) is 17.5 Å². The average molecular weight is 304 g/mol.